The summed E-state index contributed by atoms with van der Waals surface area (Å²) in [6, 6.07) is -1.87. The maximum atomic E-state index is 11.7. The summed E-state index contributed by atoms with van der Waals surface area (Å²) in [5.74, 6) is -1.59. The zero-order valence-corrected chi connectivity index (χ0v) is 10.5. The smallest absolute Gasteiger partial charge is 0.326 e. The van der Waals surface area contributed by atoms with Crippen LogP contribution in [0.1, 0.15) is 32.1 Å². The highest BCUT2D eigenvalue weighted by atomic mass is 16.4. The topological polar surface area (TPSA) is 116 Å². The van der Waals surface area contributed by atoms with E-state index in [0.717, 1.165) is 25.7 Å². The number of carboxylic acids is 2. The number of hydrogen-bond acceptors (Lipinski definition) is 3. The normalized spacial score (nSPS) is 19.8. The van der Waals surface area contributed by atoms with Crippen molar-refractivity contribution in [1.82, 2.24) is 10.6 Å². The summed E-state index contributed by atoms with van der Waals surface area (Å²) in [6.45, 7) is 0. The summed E-state index contributed by atoms with van der Waals surface area (Å²) in [5.41, 5.74) is 0. The van der Waals surface area contributed by atoms with E-state index in [-0.39, 0.29) is 6.04 Å². The molecule has 0 unspecified atom stereocenters. The van der Waals surface area contributed by atoms with Crippen molar-refractivity contribution in [2.24, 2.45) is 11.8 Å². The van der Waals surface area contributed by atoms with Gasteiger partial charge in [-0.15, -0.1) is 0 Å². The summed E-state index contributed by atoms with van der Waals surface area (Å²) in [4.78, 5) is 33.1. The molecule has 0 heterocycles. The lowest BCUT2D eigenvalue weighted by molar-refractivity contribution is -0.145. The quantitative estimate of drug-likeness (QED) is 0.534. The molecule has 0 spiro atoms. The van der Waals surface area contributed by atoms with E-state index < -0.39 is 30.4 Å². The fourth-order valence-electron chi connectivity index (χ4n) is 2.26. The van der Waals surface area contributed by atoms with Crippen LogP contribution >= 0.6 is 0 Å². The summed E-state index contributed by atoms with van der Waals surface area (Å²) in [5, 5.41) is 22.4. The maximum absolute atomic E-state index is 11.7. The number of carbonyl (C=O) groups is 3. The Hall–Kier alpha value is -1.79. The Kier molecular flexibility index (Phi) is 3.92. The summed E-state index contributed by atoms with van der Waals surface area (Å²) < 4.78 is 0. The second kappa shape index (κ2) is 5.46. The van der Waals surface area contributed by atoms with Crippen molar-refractivity contribution >= 4 is 18.0 Å². The monoisotopic (exact) mass is 270 g/mol. The van der Waals surface area contributed by atoms with Crippen molar-refractivity contribution in [3.63, 3.8) is 0 Å². The van der Waals surface area contributed by atoms with Crippen LogP contribution in [-0.4, -0.2) is 40.3 Å². The predicted molar refractivity (Wildman–Crippen MR) is 64.6 cm³/mol. The van der Waals surface area contributed by atoms with Gasteiger partial charge in [-0.2, -0.15) is 0 Å². The molecule has 2 rings (SSSR count). The molecule has 19 heavy (non-hydrogen) atoms. The molecule has 1 atom stereocenters. The Labute approximate surface area is 110 Å². The van der Waals surface area contributed by atoms with Gasteiger partial charge in [0.2, 0.25) is 0 Å². The molecule has 4 N–H and O–H groups in total. The van der Waals surface area contributed by atoms with Gasteiger partial charge in [0.25, 0.3) is 0 Å². The minimum Gasteiger partial charge on any atom is -0.481 e. The van der Waals surface area contributed by atoms with Crippen LogP contribution in [0.15, 0.2) is 0 Å². The maximum Gasteiger partial charge on any atom is 0.326 e. The first-order chi connectivity index (χ1) is 8.97. The highest BCUT2D eigenvalue weighted by Crippen LogP contribution is 2.44. The number of aliphatic carboxylic acids is 2. The van der Waals surface area contributed by atoms with Crippen molar-refractivity contribution in [2.45, 2.75) is 44.2 Å². The van der Waals surface area contributed by atoms with Crippen LogP contribution < -0.4 is 10.6 Å². The third kappa shape index (κ3) is 4.11. The van der Waals surface area contributed by atoms with Crippen molar-refractivity contribution < 1.29 is 24.6 Å². The lowest BCUT2D eigenvalue weighted by Crippen LogP contribution is -2.50. The largest absolute Gasteiger partial charge is 0.481 e. The number of carboxylic acid groups (broad SMARTS) is 2. The average Bonchev–Trinajstić information content (AvgIpc) is 3.14. The van der Waals surface area contributed by atoms with Gasteiger partial charge in [-0.3, -0.25) is 4.79 Å². The van der Waals surface area contributed by atoms with Crippen molar-refractivity contribution in [2.75, 3.05) is 0 Å². The van der Waals surface area contributed by atoms with Crippen LogP contribution in [0, 0.1) is 11.8 Å². The molecule has 7 nitrogen and oxygen atoms in total. The Balaban J connectivity index is 1.83. The number of hydrogen-bond donors (Lipinski definition) is 4. The molecule has 2 amide bonds. The highest BCUT2D eigenvalue weighted by molar-refractivity contribution is 5.86. The van der Waals surface area contributed by atoms with Gasteiger partial charge in [-0.25, -0.2) is 9.59 Å². The zero-order valence-electron chi connectivity index (χ0n) is 10.5. The SMILES string of the molecule is O=C(O)C[C@H](NC(=O)NC(C1CC1)C1CC1)C(=O)O. The fraction of sp³-hybridized carbons (Fsp3) is 0.750. The van der Waals surface area contributed by atoms with Crippen molar-refractivity contribution in [1.29, 1.82) is 0 Å². The second-order valence-corrected chi connectivity index (χ2v) is 5.31. The molecular formula is C12H18N2O5. The Morgan fingerprint density at radius 2 is 1.53 bits per heavy atom. The van der Waals surface area contributed by atoms with Crippen LogP contribution in [0.25, 0.3) is 0 Å². The van der Waals surface area contributed by atoms with Crippen LogP contribution in [0.4, 0.5) is 4.79 Å². The third-order valence-corrected chi connectivity index (χ3v) is 3.54. The molecule has 0 aromatic rings. The van der Waals surface area contributed by atoms with E-state index in [9.17, 15) is 14.4 Å². The Bertz CT molecular complexity index is 378. The van der Waals surface area contributed by atoms with E-state index in [4.69, 9.17) is 10.2 Å². The molecule has 0 aromatic heterocycles. The number of amides is 2. The average molecular weight is 270 g/mol. The van der Waals surface area contributed by atoms with Crippen LogP contribution in [0.3, 0.4) is 0 Å². The van der Waals surface area contributed by atoms with Crippen molar-refractivity contribution in [3.8, 4) is 0 Å². The summed E-state index contributed by atoms with van der Waals surface area (Å²) >= 11 is 0. The molecule has 0 saturated heterocycles. The standard InChI is InChI=1S/C12H18N2O5/c15-9(16)5-8(11(17)18)13-12(19)14-10(6-1-2-6)7-3-4-7/h6-8,10H,1-5H2,(H,15,16)(H,17,18)(H2,13,14,19)/t8-/m0/s1. The van der Waals surface area contributed by atoms with Gasteiger partial charge in [0.15, 0.2) is 0 Å². The lowest BCUT2D eigenvalue weighted by Gasteiger charge is -2.20. The molecular weight excluding hydrogens is 252 g/mol. The van der Waals surface area contributed by atoms with Gasteiger partial charge in [-0.05, 0) is 37.5 Å². The summed E-state index contributed by atoms with van der Waals surface area (Å²) in [7, 11) is 0. The van der Waals surface area contributed by atoms with Gasteiger partial charge in [0.1, 0.15) is 6.04 Å². The predicted octanol–water partition coefficient (Wildman–Crippen LogP) is 0.402. The van der Waals surface area contributed by atoms with Crippen LogP contribution in [0.2, 0.25) is 0 Å². The molecule has 7 heteroatoms. The third-order valence-electron chi connectivity index (χ3n) is 3.54. The van der Waals surface area contributed by atoms with Gasteiger partial charge in [0.05, 0.1) is 6.42 Å². The number of rotatable bonds is 7. The Morgan fingerprint density at radius 3 is 1.89 bits per heavy atom. The van der Waals surface area contributed by atoms with Crippen molar-refractivity contribution in [3.05, 3.63) is 0 Å². The number of nitrogens with one attached hydrogen (secondary N) is 2. The molecule has 0 aliphatic heterocycles. The molecule has 2 aliphatic rings. The van der Waals surface area contributed by atoms with E-state index in [2.05, 4.69) is 10.6 Å². The van der Waals surface area contributed by atoms with Gasteiger partial charge in [-0.1, -0.05) is 0 Å². The first-order valence-electron chi connectivity index (χ1n) is 6.49. The zero-order chi connectivity index (χ0) is 14.0. The molecule has 0 bridgehead atoms. The number of carbonyl (C=O) groups excluding carboxylic acids is 1. The van der Waals surface area contributed by atoms with E-state index in [1.165, 1.54) is 0 Å². The summed E-state index contributed by atoms with van der Waals surface area (Å²) in [6.07, 6.45) is 3.76. The lowest BCUT2D eigenvalue weighted by atomic mass is 10.1. The van der Waals surface area contributed by atoms with E-state index >= 15 is 0 Å². The first kappa shape index (κ1) is 13.6. The molecule has 2 saturated carbocycles. The fourth-order valence-corrected chi connectivity index (χ4v) is 2.26. The highest BCUT2D eigenvalue weighted by Gasteiger charge is 2.42. The van der Waals surface area contributed by atoms with Gasteiger partial charge >= 0.3 is 18.0 Å². The second-order valence-electron chi connectivity index (χ2n) is 5.31. The van der Waals surface area contributed by atoms with E-state index in [1.807, 2.05) is 0 Å². The number of urea groups is 1. The van der Waals surface area contributed by atoms with Crippen LogP contribution in [-0.2, 0) is 9.59 Å². The Morgan fingerprint density at radius 1 is 1.00 bits per heavy atom. The van der Waals surface area contributed by atoms with Gasteiger partial charge in [0, 0.05) is 6.04 Å². The molecule has 2 fully saturated rings. The molecule has 2 aliphatic carbocycles. The van der Waals surface area contributed by atoms with E-state index in [0.29, 0.717) is 11.8 Å². The molecule has 0 aromatic carbocycles. The minimum absolute atomic E-state index is 0.110. The first-order valence-corrected chi connectivity index (χ1v) is 6.49. The minimum atomic E-state index is -1.39. The van der Waals surface area contributed by atoms with Crippen LogP contribution in [0.5, 0.6) is 0 Å². The van der Waals surface area contributed by atoms with Gasteiger partial charge < -0.3 is 20.8 Å². The van der Waals surface area contributed by atoms with E-state index in [1.54, 1.807) is 0 Å². The molecule has 106 valence electrons. The molecule has 0 radical (unpaired) electrons.